The number of carbonyl (C=O) groups is 1. The largest absolute Gasteiger partial charge is 0.378 e. The van der Waals surface area contributed by atoms with Crippen molar-refractivity contribution in [3.05, 3.63) is 60.3 Å². The molecule has 0 saturated heterocycles. The molecule has 0 saturated carbocycles. The lowest BCUT2D eigenvalue weighted by molar-refractivity contribution is -0.115. The monoisotopic (exact) mass is 293 g/mol. The van der Waals surface area contributed by atoms with Crippen LogP contribution in [0.3, 0.4) is 0 Å². The van der Waals surface area contributed by atoms with Gasteiger partial charge in [-0.15, -0.1) is 0 Å². The fraction of sp³-hybridized carbons (Fsp3) is 0.167. The molecule has 0 aliphatic heterocycles. The van der Waals surface area contributed by atoms with E-state index in [1.54, 1.807) is 0 Å². The molecule has 3 aromatic rings. The first-order valence-electron chi connectivity index (χ1n) is 7.25. The molecule has 0 atom stereocenters. The number of anilines is 2. The fourth-order valence-corrected chi connectivity index (χ4v) is 2.45. The van der Waals surface area contributed by atoms with Gasteiger partial charge in [-0.2, -0.15) is 0 Å². The molecule has 4 nitrogen and oxygen atoms in total. The number of nitrogens with zero attached hydrogens (tertiary/aromatic N) is 1. The van der Waals surface area contributed by atoms with Crippen molar-refractivity contribution in [2.24, 2.45) is 0 Å². The zero-order chi connectivity index (χ0) is 15.5. The third kappa shape index (κ3) is 3.11. The highest BCUT2D eigenvalue weighted by molar-refractivity contribution is 5.93. The van der Waals surface area contributed by atoms with Gasteiger partial charge in [0.1, 0.15) is 0 Å². The number of aromatic amines is 1. The third-order valence-corrected chi connectivity index (χ3v) is 3.65. The molecule has 0 fully saturated rings. The highest BCUT2D eigenvalue weighted by Crippen LogP contribution is 2.17. The van der Waals surface area contributed by atoms with Gasteiger partial charge in [0.05, 0.1) is 6.42 Å². The number of benzene rings is 2. The minimum absolute atomic E-state index is 0.00695. The second-order valence-electron chi connectivity index (χ2n) is 5.57. The first-order chi connectivity index (χ1) is 10.6. The number of nitrogens with one attached hydrogen (secondary N) is 2. The predicted molar refractivity (Wildman–Crippen MR) is 91.4 cm³/mol. The van der Waals surface area contributed by atoms with Crippen LogP contribution in [-0.2, 0) is 11.2 Å². The number of carbonyl (C=O) groups excluding carboxylic acids is 1. The molecule has 1 heterocycles. The van der Waals surface area contributed by atoms with Crippen LogP contribution in [0.5, 0.6) is 0 Å². The average Bonchev–Trinajstić information content (AvgIpc) is 2.95. The predicted octanol–water partition coefficient (Wildman–Crippen LogP) is 3.42. The Labute approximate surface area is 129 Å². The van der Waals surface area contributed by atoms with E-state index < -0.39 is 0 Å². The van der Waals surface area contributed by atoms with Crippen LogP contribution in [0.15, 0.2) is 54.7 Å². The molecule has 112 valence electrons. The average molecular weight is 293 g/mol. The Morgan fingerprint density at radius 2 is 1.86 bits per heavy atom. The van der Waals surface area contributed by atoms with Crippen LogP contribution in [0.2, 0.25) is 0 Å². The Morgan fingerprint density at radius 3 is 2.59 bits per heavy atom. The molecule has 3 rings (SSSR count). The van der Waals surface area contributed by atoms with Crippen molar-refractivity contribution >= 4 is 28.2 Å². The number of H-pyrrole nitrogens is 1. The molecular weight excluding hydrogens is 274 g/mol. The lowest BCUT2D eigenvalue weighted by Crippen LogP contribution is -2.14. The Kier molecular flexibility index (Phi) is 3.83. The van der Waals surface area contributed by atoms with Gasteiger partial charge in [0.25, 0.3) is 0 Å². The number of aromatic nitrogens is 1. The van der Waals surface area contributed by atoms with E-state index in [9.17, 15) is 4.79 Å². The van der Waals surface area contributed by atoms with Crippen molar-refractivity contribution in [2.45, 2.75) is 6.42 Å². The van der Waals surface area contributed by atoms with E-state index in [1.807, 2.05) is 73.7 Å². The van der Waals surface area contributed by atoms with Gasteiger partial charge in [-0.25, -0.2) is 0 Å². The SMILES string of the molecule is CN(C)c1ccc(NC(=O)Cc2ccc3[nH]ccc3c2)cc1. The van der Waals surface area contributed by atoms with Gasteiger partial charge in [0, 0.05) is 37.2 Å². The summed E-state index contributed by atoms with van der Waals surface area (Å²) in [6.07, 6.45) is 2.28. The summed E-state index contributed by atoms with van der Waals surface area (Å²) >= 11 is 0. The van der Waals surface area contributed by atoms with Crippen LogP contribution in [0.1, 0.15) is 5.56 Å². The van der Waals surface area contributed by atoms with Crippen LogP contribution < -0.4 is 10.2 Å². The van der Waals surface area contributed by atoms with E-state index in [2.05, 4.69) is 10.3 Å². The zero-order valence-electron chi connectivity index (χ0n) is 12.8. The molecule has 1 aromatic heterocycles. The van der Waals surface area contributed by atoms with Gasteiger partial charge >= 0.3 is 0 Å². The second kappa shape index (κ2) is 5.93. The van der Waals surface area contributed by atoms with Crippen molar-refractivity contribution in [2.75, 3.05) is 24.3 Å². The molecule has 0 bridgehead atoms. The van der Waals surface area contributed by atoms with E-state index in [4.69, 9.17) is 0 Å². The van der Waals surface area contributed by atoms with Gasteiger partial charge < -0.3 is 15.2 Å². The number of rotatable bonds is 4. The molecule has 0 radical (unpaired) electrons. The van der Waals surface area contributed by atoms with Gasteiger partial charge in [-0.05, 0) is 53.4 Å². The molecular formula is C18H19N3O. The maximum atomic E-state index is 12.1. The maximum absolute atomic E-state index is 12.1. The summed E-state index contributed by atoms with van der Waals surface area (Å²) in [4.78, 5) is 17.3. The van der Waals surface area contributed by atoms with Crippen molar-refractivity contribution in [1.82, 2.24) is 4.98 Å². The standard InChI is InChI=1S/C18H19N3O/c1-21(2)16-6-4-15(5-7-16)20-18(22)12-13-3-8-17-14(11-13)9-10-19-17/h3-11,19H,12H2,1-2H3,(H,20,22). The number of hydrogen-bond acceptors (Lipinski definition) is 2. The number of fused-ring (bicyclic) bond motifs is 1. The van der Waals surface area contributed by atoms with Crippen molar-refractivity contribution in [1.29, 1.82) is 0 Å². The minimum Gasteiger partial charge on any atom is -0.378 e. The van der Waals surface area contributed by atoms with Gasteiger partial charge in [0.2, 0.25) is 5.91 Å². The van der Waals surface area contributed by atoms with Gasteiger partial charge in [-0.1, -0.05) is 6.07 Å². The van der Waals surface area contributed by atoms with Crippen molar-refractivity contribution < 1.29 is 4.79 Å². The summed E-state index contributed by atoms with van der Waals surface area (Å²) < 4.78 is 0. The number of amides is 1. The van der Waals surface area contributed by atoms with Gasteiger partial charge in [-0.3, -0.25) is 4.79 Å². The summed E-state index contributed by atoms with van der Waals surface area (Å²) in [7, 11) is 3.98. The van der Waals surface area contributed by atoms with E-state index in [0.717, 1.165) is 27.8 Å². The summed E-state index contributed by atoms with van der Waals surface area (Å²) in [5.74, 6) is -0.00695. The van der Waals surface area contributed by atoms with Crippen LogP contribution in [0.25, 0.3) is 10.9 Å². The molecule has 1 amide bonds. The van der Waals surface area contributed by atoms with E-state index >= 15 is 0 Å². The van der Waals surface area contributed by atoms with E-state index in [0.29, 0.717) is 6.42 Å². The summed E-state index contributed by atoms with van der Waals surface area (Å²) in [6.45, 7) is 0. The molecule has 4 heteroatoms. The Morgan fingerprint density at radius 1 is 1.09 bits per heavy atom. The van der Waals surface area contributed by atoms with Crippen LogP contribution >= 0.6 is 0 Å². The summed E-state index contributed by atoms with van der Waals surface area (Å²) in [6, 6.07) is 15.8. The first-order valence-corrected chi connectivity index (χ1v) is 7.25. The zero-order valence-corrected chi connectivity index (χ0v) is 12.8. The summed E-state index contributed by atoms with van der Waals surface area (Å²) in [5.41, 5.74) is 4.02. The van der Waals surface area contributed by atoms with Crippen LogP contribution in [0, 0.1) is 0 Å². The maximum Gasteiger partial charge on any atom is 0.228 e. The molecule has 0 unspecified atom stereocenters. The molecule has 0 aliphatic rings. The van der Waals surface area contributed by atoms with E-state index in [-0.39, 0.29) is 5.91 Å². The highest BCUT2D eigenvalue weighted by atomic mass is 16.1. The molecule has 22 heavy (non-hydrogen) atoms. The Hall–Kier alpha value is -2.75. The second-order valence-corrected chi connectivity index (χ2v) is 5.57. The van der Waals surface area contributed by atoms with Crippen molar-refractivity contribution in [3.8, 4) is 0 Å². The minimum atomic E-state index is -0.00695. The third-order valence-electron chi connectivity index (χ3n) is 3.65. The quantitative estimate of drug-likeness (QED) is 0.774. The number of hydrogen-bond donors (Lipinski definition) is 2. The van der Waals surface area contributed by atoms with E-state index in [1.165, 1.54) is 0 Å². The fourth-order valence-electron chi connectivity index (χ4n) is 2.45. The van der Waals surface area contributed by atoms with Crippen molar-refractivity contribution in [3.63, 3.8) is 0 Å². The van der Waals surface area contributed by atoms with Crippen LogP contribution in [0.4, 0.5) is 11.4 Å². The lowest BCUT2D eigenvalue weighted by atomic mass is 10.1. The smallest absolute Gasteiger partial charge is 0.228 e. The topological polar surface area (TPSA) is 48.1 Å². The Balaban J connectivity index is 1.66. The first kappa shape index (κ1) is 14.2. The highest BCUT2D eigenvalue weighted by Gasteiger charge is 2.06. The molecule has 2 aromatic carbocycles. The summed E-state index contributed by atoms with van der Waals surface area (Å²) in [5, 5.41) is 4.06. The lowest BCUT2D eigenvalue weighted by Gasteiger charge is -2.13. The normalized spacial score (nSPS) is 10.6. The van der Waals surface area contributed by atoms with Gasteiger partial charge in [0.15, 0.2) is 0 Å². The Bertz CT molecular complexity index is 787. The molecule has 0 aliphatic carbocycles. The molecule has 2 N–H and O–H groups in total. The van der Waals surface area contributed by atoms with Crippen LogP contribution in [-0.4, -0.2) is 25.0 Å². The molecule has 0 spiro atoms.